The molecule has 8 nitrogen and oxygen atoms in total. The number of likely N-dealkylation sites (N-methyl/N-ethyl adjacent to an activating group) is 1. The van der Waals surface area contributed by atoms with Crippen LogP contribution in [0, 0.1) is 11.6 Å². The zero-order chi connectivity index (χ0) is 25.4. The van der Waals surface area contributed by atoms with Gasteiger partial charge < -0.3 is 20.7 Å². The van der Waals surface area contributed by atoms with Crippen LogP contribution >= 0.6 is 11.6 Å². The van der Waals surface area contributed by atoms with Crippen molar-refractivity contribution < 1.29 is 23.1 Å². The summed E-state index contributed by atoms with van der Waals surface area (Å²) in [4.78, 5) is 30.5. The topological polar surface area (TPSA) is 110 Å². The maximum absolute atomic E-state index is 13.6. The molecule has 2 aromatic carbocycles. The molecule has 0 saturated carbocycles. The third kappa shape index (κ3) is 7.24. The van der Waals surface area contributed by atoms with Crippen molar-refractivity contribution in [2.45, 2.75) is 25.4 Å². The van der Waals surface area contributed by atoms with Gasteiger partial charge >= 0.3 is 12.1 Å². The number of nitrogens with one attached hydrogen (secondary N) is 2. The van der Waals surface area contributed by atoms with Crippen LogP contribution in [-0.4, -0.2) is 48.2 Å². The molecule has 186 valence electrons. The van der Waals surface area contributed by atoms with Crippen molar-refractivity contribution in [1.29, 1.82) is 0 Å². The maximum Gasteiger partial charge on any atom is 0.412 e. The molecule has 0 saturated heterocycles. The smallest absolute Gasteiger partial charge is 0.412 e. The molecule has 0 radical (unpaired) electrons. The lowest BCUT2D eigenvalue weighted by atomic mass is 10.1. The number of hydrogen-bond acceptors (Lipinski definition) is 5. The Kier molecular flexibility index (Phi) is 9.16. The van der Waals surface area contributed by atoms with Gasteiger partial charge in [-0.05, 0) is 60.7 Å². The Morgan fingerprint density at radius 3 is 2.77 bits per heavy atom. The number of anilines is 1. The normalized spacial score (nSPS) is 11.7. The summed E-state index contributed by atoms with van der Waals surface area (Å²) in [5, 5.41) is 6.42. The highest BCUT2D eigenvalue weighted by Crippen LogP contribution is 2.20. The SMILES string of the molecule is CN(C(=O)NCc1cccc(F)c1Cl)[C@H](CCCN)COC(=O)Nc1cc2cc(F)ccc2cn1. The van der Waals surface area contributed by atoms with E-state index in [4.69, 9.17) is 22.1 Å². The van der Waals surface area contributed by atoms with E-state index in [1.165, 1.54) is 41.4 Å². The number of nitrogens with zero attached hydrogens (tertiary/aromatic N) is 2. The molecule has 3 amide bonds. The van der Waals surface area contributed by atoms with Gasteiger partial charge in [0.2, 0.25) is 0 Å². The van der Waals surface area contributed by atoms with Crippen molar-refractivity contribution in [3.8, 4) is 0 Å². The molecule has 1 heterocycles. The number of rotatable bonds is 9. The largest absolute Gasteiger partial charge is 0.447 e. The fourth-order valence-corrected chi connectivity index (χ4v) is 3.57. The summed E-state index contributed by atoms with van der Waals surface area (Å²) in [5.74, 6) is -0.774. The number of carbonyl (C=O) groups excluding carboxylic acids is 2. The summed E-state index contributed by atoms with van der Waals surface area (Å²) >= 11 is 5.94. The molecule has 35 heavy (non-hydrogen) atoms. The molecule has 1 atom stereocenters. The van der Waals surface area contributed by atoms with E-state index in [-0.39, 0.29) is 24.0 Å². The highest BCUT2D eigenvalue weighted by Gasteiger charge is 2.22. The quantitative estimate of drug-likeness (QED) is 0.391. The number of hydrogen-bond donors (Lipinski definition) is 3. The molecule has 0 unspecified atom stereocenters. The van der Waals surface area contributed by atoms with Crippen LogP contribution in [0.5, 0.6) is 0 Å². The molecule has 11 heteroatoms. The van der Waals surface area contributed by atoms with Crippen molar-refractivity contribution in [3.05, 3.63) is 70.9 Å². The Labute approximate surface area is 206 Å². The summed E-state index contributed by atoms with van der Waals surface area (Å²) in [5.41, 5.74) is 6.04. The van der Waals surface area contributed by atoms with Gasteiger partial charge in [0.05, 0.1) is 11.1 Å². The molecule has 3 aromatic rings. The number of urea groups is 1. The first kappa shape index (κ1) is 26.1. The van der Waals surface area contributed by atoms with Gasteiger partial charge in [-0.15, -0.1) is 0 Å². The Morgan fingerprint density at radius 1 is 1.20 bits per heavy atom. The lowest BCUT2D eigenvalue weighted by Gasteiger charge is -2.28. The van der Waals surface area contributed by atoms with E-state index in [0.717, 1.165) is 5.39 Å². The fraction of sp³-hybridized carbons (Fsp3) is 0.292. The van der Waals surface area contributed by atoms with Gasteiger partial charge in [-0.3, -0.25) is 5.32 Å². The predicted octanol–water partition coefficient (Wildman–Crippen LogP) is 4.66. The number of fused-ring (bicyclic) bond motifs is 1. The van der Waals surface area contributed by atoms with Crippen molar-refractivity contribution in [2.24, 2.45) is 5.73 Å². The zero-order valence-electron chi connectivity index (χ0n) is 19.1. The summed E-state index contributed by atoms with van der Waals surface area (Å²) in [6, 6.07) is 9.21. The van der Waals surface area contributed by atoms with E-state index in [1.54, 1.807) is 19.2 Å². The van der Waals surface area contributed by atoms with Gasteiger partial charge in [0.25, 0.3) is 0 Å². The minimum atomic E-state index is -0.772. The zero-order valence-corrected chi connectivity index (χ0v) is 19.8. The second-order valence-corrected chi connectivity index (χ2v) is 8.23. The second-order valence-electron chi connectivity index (χ2n) is 7.85. The minimum absolute atomic E-state index is 0.0267. The monoisotopic (exact) mass is 505 g/mol. The summed E-state index contributed by atoms with van der Waals surface area (Å²) in [6.07, 6.45) is 1.83. The molecule has 3 rings (SSSR count). The first-order valence-electron chi connectivity index (χ1n) is 10.9. The van der Waals surface area contributed by atoms with Crippen LogP contribution in [0.3, 0.4) is 0 Å². The van der Waals surface area contributed by atoms with Crippen LogP contribution in [0.15, 0.2) is 48.7 Å². The van der Waals surface area contributed by atoms with Crippen LogP contribution in [0.4, 0.5) is 24.2 Å². The maximum atomic E-state index is 13.6. The summed E-state index contributed by atoms with van der Waals surface area (Å²) in [7, 11) is 1.56. The molecule has 1 aromatic heterocycles. The van der Waals surface area contributed by atoms with Gasteiger partial charge in [-0.1, -0.05) is 23.7 Å². The number of amides is 3. The molecule has 0 fully saturated rings. The summed E-state index contributed by atoms with van der Waals surface area (Å²) < 4.78 is 32.4. The molecule has 4 N–H and O–H groups in total. The van der Waals surface area contributed by atoms with E-state index in [2.05, 4.69) is 15.6 Å². The highest BCUT2D eigenvalue weighted by molar-refractivity contribution is 6.31. The average molecular weight is 506 g/mol. The van der Waals surface area contributed by atoms with Crippen molar-refractivity contribution in [1.82, 2.24) is 15.2 Å². The Hall–Kier alpha value is -3.50. The van der Waals surface area contributed by atoms with Crippen LogP contribution in [0.25, 0.3) is 10.8 Å². The summed E-state index contributed by atoms with van der Waals surface area (Å²) in [6.45, 7) is 0.326. The van der Waals surface area contributed by atoms with Gasteiger partial charge in [0, 0.05) is 25.2 Å². The number of ether oxygens (including phenoxy) is 1. The second kappa shape index (κ2) is 12.3. The van der Waals surface area contributed by atoms with Crippen molar-refractivity contribution in [2.75, 3.05) is 25.5 Å². The van der Waals surface area contributed by atoms with Crippen LogP contribution in [0.1, 0.15) is 18.4 Å². The van der Waals surface area contributed by atoms with Gasteiger partial charge in [0.1, 0.15) is 24.1 Å². The average Bonchev–Trinajstić information content (AvgIpc) is 2.84. The van der Waals surface area contributed by atoms with Gasteiger partial charge in [0.15, 0.2) is 0 Å². The number of carbonyl (C=O) groups is 2. The molecular formula is C24H26ClF2N5O3. The molecule has 0 aliphatic rings. The Balaban J connectivity index is 1.57. The van der Waals surface area contributed by atoms with Crippen LogP contribution in [-0.2, 0) is 11.3 Å². The molecule has 0 spiro atoms. The first-order valence-corrected chi connectivity index (χ1v) is 11.3. The van der Waals surface area contributed by atoms with Gasteiger partial charge in [-0.25, -0.2) is 23.4 Å². The van der Waals surface area contributed by atoms with E-state index < -0.39 is 29.8 Å². The Morgan fingerprint density at radius 2 is 2.00 bits per heavy atom. The number of benzene rings is 2. The standard InChI is InChI=1S/C24H26ClF2N5O3/c1-32(23(33)30-13-16-4-2-6-20(27)22(16)25)19(5-3-9-28)14-35-24(34)31-21-11-17-10-18(26)8-7-15(17)12-29-21/h2,4,6-8,10-12,19H,3,5,9,13-14,28H2,1H3,(H,30,33)(H,29,31,34)/t19-/m1/s1. The lowest BCUT2D eigenvalue weighted by Crippen LogP contribution is -2.46. The molecule has 0 aliphatic carbocycles. The third-order valence-electron chi connectivity index (χ3n) is 5.39. The molecule has 0 bridgehead atoms. The van der Waals surface area contributed by atoms with E-state index in [0.29, 0.717) is 30.3 Å². The fourth-order valence-electron chi connectivity index (χ4n) is 3.38. The predicted molar refractivity (Wildman–Crippen MR) is 130 cm³/mol. The number of nitrogens with two attached hydrogens (primary N) is 1. The van der Waals surface area contributed by atoms with E-state index in [9.17, 15) is 18.4 Å². The van der Waals surface area contributed by atoms with Crippen LogP contribution in [0.2, 0.25) is 5.02 Å². The van der Waals surface area contributed by atoms with Gasteiger partial charge in [-0.2, -0.15) is 0 Å². The number of pyridine rings is 1. The third-order valence-corrected chi connectivity index (χ3v) is 5.82. The van der Waals surface area contributed by atoms with Crippen molar-refractivity contribution in [3.63, 3.8) is 0 Å². The number of halogens is 3. The Bertz CT molecular complexity index is 1200. The molecule has 0 aliphatic heterocycles. The lowest BCUT2D eigenvalue weighted by molar-refractivity contribution is 0.113. The number of aromatic nitrogens is 1. The van der Waals surface area contributed by atoms with E-state index >= 15 is 0 Å². The molecular weight excluding hydrogens is 480 g/mol. The highest BCUT2D eigenvalue weighted by atomic mass is 35.5. The first-order chi connectivity index (χ1) is 16.8. The van der Waals surface area contributed by atoms with E-state index in [1.807, 2.05) is 0 Å². The van der Waals surface area contributed by atoms with Crippen molar-refractivity contribution >= 4 is 40.3 Å². The van der Waals surface area contributed by atoms with Crippen LogP contribution < -0.4 is 16.4 Å². The minimum Gasteiger partial charge on any atom is -0.447 e.